The second kappa shape index (κ2) is 6.25. The van der Waals surface area contributed by atoms with Crippen molar-refractivity contribution < 1.29 is 4.74 Å². The predicted octanol–water partition coefficient (Wildman–Crippen LogP) is 4.00. The van der Waals surface area contributed by atoms with Gasteiger partial charge in [0, 0.05) is 28.2 Å². The highest BCUT2D eigenvalue weighted by molar-refractivity contribution is 6.32. The van der Waals surface area contributed by atoms with Crippen LogP contribution in [0.5, 0.6) is 5.88 Å². The Morgan fingerprint density at radius 1 is 1.15 bits per heavy atom. The van der Waals surface area contributed by atoms with Crippen molar-refractivity contribution in [2.75, 3.05) is 20.2 Å². The largest absolute Gasteiger partial charge is 0.481 e. The Balaban J connectivity index is 1.57. The van der Waals surface area contributed by atoms with E-state index in [0.717, 1.165) is 52.1 Å². The van der Waals surface area contributed by atoms with Gasteiger partial charge in [-0.05, 0) is 67.4 Å². The number of benzene rings is 1. The number of aromatic amines is 1. The Morgan fingerprint density at radius 3 is 2.73 bits per heavy atom. The number of halogens is 1. The molecule has 1 unspecified atom stereocenters. The van der Waals surface area contributed by atoms with Gasteiger partial charge >= 0.3 is 0 Å². The molecule has 2 fully saturated rings. The van der Waals surface area contributed by atoms with Crippen LogP contribution in [0.15, 0.2) is 30.5 Å². The summed E-state index contributed by atoms with van der Waals surface area (Å²) in [5, 5.41) is 13.1. The number of H-pyrrole nitrogens is 1. The average Bonchev–Trinajstić information content (AvgIpc) is 3.35. The first-order valence-electron chi connectivity index (χ1n) is 9.11. The van der Waals surface area contributed by atoms with Gasteiger partial charge in [0.25, 0.3) is 0 Å². The van der Waals surface area contributed by atoms with Crippen LogP contribution in [0.25, 0.3) is 22.2 Å². The zero-order chi connectivity index (χ0) is 17.7. The summed E-state index contributed by atoms with van der Waals surface area (Å²) in [7, 11) is 1.62. The maximum absolute atomic E-state index is 6.65. The number of fused-ring (bicyclic) bond motifs is 2. The normalized spacial score (nSPS) is 24.9. The zero-order valence-electron chi connectivity index (χ0n) is 14.6. The van der Waals surface area contributed by atoms with Crippen LogP contribution in [0.4, 0.5) is 0 Å². The quantitative estimate of drug-likeness (QED) is 0.733. The minimum atomic E-state index is 0.540. The monoisotopic (exact) mass is 368 g/mol. The molecule has 1 aromatic carbocycles. The lowest BCUT2D eigenvalue weighted by Gasteiger charge is -2.14. The lowest BCUT2D eigenvalue weighted by atomic mass is 9.94. The summed E-state index contributed by atoms with van der Waals surface area (Å²) in [6.07, 6.45) is 4.19. The molecular weight excluding hydrogens is 348 g/mol. The highest BCUT2D eigenvalue weighted by Crippen LogP contribution is 2.46. The zero-order valence-corrected chi connectivity index (χ0v) is 15.4. The van der Waals surface area contributed by atoms with E-state index < -0.39 is 0 Å². The number of aromatic nitrogens is 3. The van der Waals surface area contributed by atoms with Gasteiger partial charge < -0.3 is 10.1 Å². The number of hydrogen-bond acceptors (Lipinski definition) is 4. The molecule has 3 heterocycles. The molecule has 6 heteroatoms. The molecule has 2 aromatic heterocycles. The van der Waals surface area contributed by atoms with E-state index in [9.17, 15) is 0 Å². The number of nitrogens with zero attached hydrogens (tertiary/aromatic N) is 2. The minimum Gasteiger partial charge on any atom is -0.481 e. The van der Waals surface area contributed by atoms with Crippen LogP contribution in [0.1, 0.15) is 24.3 Å². The van der Waals surface area contributed by atoms with Crippen LogP contribution in [0.3, 0.4) is 0 Å². The molecule has 0 bridgehead atoms. The highest BCUT2D eigenvalue weighted by atomic mass is 35.5. The molecule has 26 heavy (non-hydrogen) atoms. The molecule has 1 aliphatic carbocycles. The molecule has 1 aliphatic heterocycles. The van der Waals surface area contributed by atoms with Gasteiger partial charge in [-0.15, -0.1) is 0 Å². The highest BCUT2D eigenvalue weighted by Gasteiger charge is 2.38. The van der Waals surface area contributed by atoms with E-state index in [1.165, 1.54) is 18.4 Å². The van der Waals surface area contributed by atoms with Crippen LogP contribution in [0.2, 0.25) is 5.02 Å². The number of hydrogen-bond donors (Lipinski definition) is 2. The van der Waals surface area contributed by atoms with Crippen LogP contribution < -0.4 is 10.1 Å². The predicted molar refractivity (Wildman–Crippen MR) is 103 cm³/mol. The van der Waals surface area contributed by atoms with Gasteiger partial charge in [0.15, 0.2) is 0 Å². The molecule has 2 aliphatic rings. The fourth-order valence-corrected chi connectivity index (χ4v) is 4.99. The summed E-state index contributed by atoms with van der Waals surface area (Å²) >= 11 is 6.65. The Labute approximate surface area is 157 Å². The molecule has 3 atom stereocenters. The van der Waals surface area contributed by atoms with Crippen molar-refractivity contribution in [1.29, 1.82) is 0 Å². The topological polar surface area (TPSA) is 62.8 Å². The third-order valence-corrected chi connectivity index (χ3v) is 6.32. The summed E-state index contributed by atoms with van der Waals surface area (Å²) in [4.78, 5) is 4.19. The van der Waals surface area contributed by atoms with Crippen molar-refractivity contribution in [2.24, 2.45) is 11.8 Å². The van der Waals surface area contributed by atoms with Crippen molar-refractivity contribution in [3.8, 4) is 17.1 Å². The third kappa shape index (κ3) is 2.58. The van der Waals surface area contributed by atoms with E-state index in [-0.39, 0.29) is 0 Å². The van der Waals surface area contributed by atoms with Gasteiger partial charge in [0.1, 0.15) is 5.69 Å². The molecule has 134 valence electrons. The summed E-state index contributed by atoms with van der Waals surface area (Å²) in [5.41, 5.74) is 4.13. The second-order valence-electron chi connectivity index (χ2n) is 7.43. The molecule has 1 saturated heterocycles. The van der Waals surface area contributed by atoms with E-state index in [2.05, 4.69) is 26.6 Å². The van der Waals surface area contributed by atoms with Crippen molar-refractivity contribution >= 4 is 22.5 Å². The van der Waals surface area contributed by atoms with E-state index in [4.69, 9.17) is 16.3 Å². The number of rotatable bonds is 3. The Bertz CT molecular complexity index is 958. The first kappa shape index (κ1) is 16.1. The smallest absolute Gasteiger partial charge is 0.213 e. The molecule has 2 N–H and O–H groups in total. The Hall–Kier alpha value is -2.11. The SMILES string of the molecule is COc1cc(-c2n[nH]c3cc(Cl)c(C4C[C@H]5CNC[C@H]5C4)cc23)ccn1. The summed E-state index contributed by atoms with van der Waals surface area (Å²) < 4.78 is 5.26. The molecule has 3 aromatic rings. The standard InChI is InChI=1S/C20H21ClN4O/c1-26-19-6-11(2-3-23-19)20-16-7-15(17(21)8-18(16)24-25-20)12-4-13-9-22-10-14(13)5-12/h2-3,6-8,12-14,22H,4-5,9-10H2,1H3,(H,24,25)/t12?,13-,14+. The van der Waals surface area contributed by atoms with Crippen molar-refractivity contribution in [3.63, 3.8) is 0 Å². The van der Waals surface area contributed by atoms with Crippen LogP contribution in [-0.4, -0.2) is 35.4 Å². The van der Waals surface area contributed by atoms with E-state index in [1.807, 2.05) is 18.2 Å². The van der Waals surface area contributed by atoms with Gasteiger partial charge in [-0.3, -0.25) is 5.10 Å². The van der Waals surface area contributed by atoms with Crippen molar-refractivity contribution in [1.82, 2.24) is 20.5 Å². The Kier molecular flexibility index (Phi) is 3.87. The minimum absolute atomic E-state index is 0.540. The first-order chi connectivity index (χ1) is 12.7. The molecule has 5 rings (SSSR count). The molecule has 1 saturated carbocycles. The number of pyridine rings is 1. The summed E-state index contributed by atoms with van der Waals surface area (Å²) in [6, 6.07) is 8.13. The van der Waals surface area contributed by atoms with Crippen molar-refractivity contribution in [3.05, 3.63) is 41.0 Å². The third-order valence-electron chi connectivity index (χ3n) is 5.99. The van der Waals surface area contributed by atoms with Crippen molar-refractivity contribution in [2.45, 2.75) is 18.8 Å². The molecule has 5 nitrogen and oxygen atoms in total. The van der Waals surface area contributed by atoms with Gasteiger partial charge in [-0.25, -0.2) is 4.98 Å². The second-order valence-corrected chi connectivity index (χ2v) is 7.83. The number of methoxy groups -OCH3 is 1. The van der Waals surface area contributed by atoms with Crippen LogP contribution >= 0.6 is 11.6 Å². The van der Waals surface area contributed by atoms with Crippen LogP contribution in [0, 0.1) is 11.8 Å². The van der Waals surface area contributed by atoms with Gasteiger partial charge in [0.05, 0.1) is 12.6 Å². The number of ether oxygens (including phenoxy) is 1. The average molecular weight is 369 g/mol. The fraction of sp³-hybridized carbons (Fsp3) is 0.400. The van der Waals surface area contributed by atoms with Crippen LogP contribution in [-0.2, 0) is 0 Å². The molecule has 0 radical (unpaired) electrons. The lowest BCUT2D eigenvalue weighted by molar-refractivity contribution is 0.398. The lowest BCUT2D eigenvalue weighted by Crippen LogP contribution is -2.11. The van der Waals surface area contributed by atoms with Gasteiger partial charge in [0.2, 0.25) is 5.88 Å². The van der Waals surface area contributed by atoms with E-state index in [0.29, 0.717) is 11.8 Å². The van der Waals surface area contributed by atoms with E-state index >= 15 is 0 Å². The van der Waals surface area contributed by atoms with E-state index in [1.54, 1.807) is 13.3 Å². The van der Waals surface area contributed by atoms with Gasteiger partial charge in [-0.2, -0.15) is 5.10 Å². The Morgan fingerprint density at radius 2 is 1.96 bits per heavy atom. The molecular formula is C20H21ClN4O. The first-order valence-corrected chi connectivity index (χ1v) is 9.49. The maximum Gasteiger partial charge on any atom is 0.213 e. The number of nitrogens with one attached hydrogen (secondary N) is 2. The molecule has 0 spiro atoms. The summed E-state index contributed by atoms with van der Waals surface area (Å²) in [5.74, 6) is 2.71. The van der Waals surface area contributed by atoms with Gasteiger partial charge in [-0.1, -0.05) is 11.6 Å². The maximum atomic E-state index is 6.65. The fourth-order valence-electron chi connectivity index (χ4n) is 4.68. The molecule has 0 amide bonds. The summed E-state index contributed by atoms with van der Waals surface area (Å²) in [6.45, 7) is 2.30.